The molecule has 0 aliphatic carbocycles. The van der Waals surface area contributed by atoms with Crippen molar-refractivity contribution < 1.29 is 9.90 Å². The number of thioether (sulfide) groups is 1. The van der Waals surface area contributed by atoms with Gasteiger partial charge in [-0.2, -0.15) is 0 Å². The summed E-state index contributed by atoms with van der Waals surface area (Å²) in [5.74, 6) is 1.41. The molecular formula is C10H12N4O2S2. The molecule has 2 aromatic heterocycles. The summed E-state index contributed by atoms with van der Waals surface area (Å²) in [6, 6.07) is 0. The number of hydrogen-bond acceptors (Lipinski definition) is 6. The second kappa shape index (κ2) is 5.07. The Kier molecular flexibility index (Phi) is 3.67. The van der Waals surface area contributed by atoms with Crippen LogP contribution in [0.2, 0.25) is 0 Å². The molecule has 0 fully saturated rings. The van der Waals surface area contributed by atoms with Crippen LogP contribution >= 0.6 is 23.1 Å². The summed E-state index contributed by atoms with van der Waals surface area (Å²) >= 11 is 2.67. The number of carboxylic acids is 1. The Bertz CT molecular complexity index is 591. The number of aromatic nitrogens is 4. The van der Waals surface area contributed by atoms with Gasteiger partial charge in [-0.15, -0.1) is 21.5 Å². The Labute approximate surface area is 112 Å². The van der Waals surface area contributed by atoms with Gasteiger partial charge in [0.1, 0.15) is 16.5 Å². The predicted molar refractivity (Wildman–Crippen MR) is 69.1 cm³/mol. The number of rotatable bonds is 4. The van der Waals surface area contributed by atoms with E-state index < -0.39 is 5.97 Å². The van der Waals surface area contributed by atoms with Gasteiger partial charge in [0.05, 0.1) is 11.4 Å². The minimum absolute atomic E-state index is 0.298. The first-order valence-corrected chi connectivity index (χ1v) is 6.97. The number of thiazole rings is 1. The lowest BCUT2D eigenvalue weighted by atomic mass is 10.4. The van der Waals surface area contributed by atoms with Gasteiger partial charge in [-0.3, -0.25) is 0 Å². The molecule has 18 heavy (non-hydrogen) atoms. The molecule has 0 saturated carbocycles. The zero-order valence-electron chi connectivity index (χ0n) is 10.2. The zero-order chi connectivity index (χ0) is 13.3. The molecule has 2 rings (SSSR count). The van der Waals surface area contributed by atoms with E-state index >= 15 is 0 Å². The van der Waals surface area contributed by atoms with Gasteiger partial charge in [0, 0.05) is 7.05 Å². The van der Waals surface area contributed by atoms with E-state index in [0.717, 1.165) is 16.0 Å². The highest BCUT2D eigenvalue weighted by atomic mass is 32.2. The van der Waals surface area contributed by atoms with Gasteiger partial charge in [-0.1, -0.05) is 11.8 Å². The van der Waals surface area contributed by atoms with Gasteiger partial charge in [0.2, 0.25) is 0 Å². The van der Waals surface area contributed by atoms with Crippen molar-refractivity contribution in [1.82, 2.24) is 19.7 Å². The summed E-state index contributed by atoms with van der Waals surface area (Å²) in [7, 11) is 1.90. The lowest BCUT2D eigenvalue weighted by Crippen LogP contribution is -1.97. The van der Waals surface area contributed by atoms with E-state index in [4.69, 9.17) is 5.11 Å². The smallest absolute Gasteiger partial charge is 0.347 e. The first kappa shape index (κ1) is 13.0. The van der Waals surface area contributed by atoms with Gasteiger partial charge in [0.15, 0.2) is 4.34 Å². The van der Waals surface area contributed by atoms with Crippen molar-refractivity contribution in [2.75, 3.05) is 0 Å². The van der Waals surface area contributed by atoms with Crippen molar-refractivity contribution in [3.63, 3.8) is 0 Å². The van der Waals surface area contributed by atoms with Crippen LogP contribution in [-0.2, 0) is 12.8 Å². The molecule has 8 heteroatoms. The first-order chi connectivity index (χ1) is 8.49. The molecule has 0 radical (unpaired) electrons. The SMILES string of the molecule is Cc1nc(SCc2nnc(C)n2C)sc1C(=O)O. The van der Waals surface area contributed by atoms with Crippen molar-refractivity contribution >= 4 is 29.1 Å². The highest BCUT2D eigenvalue weighted by molar-refractivity contribution is 8.00. The van der Waals surface area contributed by atoms with E-state index in [2.05, 4.69) is 15.2 Å². The summed E-state index contributed by atoms with van der Waals surface area (Å²) in [4.78, 5) is 15.4. The number of carboxylic acid groups (broad SMARTS) is 1. The van der Waals surface area contributed by atoms with Crippen molar-refractivity contribution in [3.8, 4) is 0 Å². The van der Waals surface area contributed by atoms with E-state index in [1.165, 1.54) is 23.1 Å². The first-order valence-electron chi connectivity index (χ1n) is 5.17. The van der Waals surface area contributed by atoms with Crippen LogP contribution in [0.15, 0.2) is 4.34 Å². The fourth-order valence-electron chi connectivity index (χ4n) is 1.33. The third kappa shape index (κ3) is 2.54. The summed E-state index contributed by atoms with van der Waals surface area (Å²) in [5, 5.41) is 17.0. The quantitative estimate of drug-likeness (QED) is 0.863. The predicted octanol–water partition coefficient (Wildman–Crippen LogP) is 1.88. The molecule has 0 spiro atoms. The normalized spacial score (nSPS) is 10.8. The molecule has 0 unspecified atom stereocenters. The summed E-state index contributed by atoms with van der Waals surface area (Å²) in [6.45, 7) is 3.59. The van der Waals surface area contributed by atoms with Crippen LogP contribution in [0, 0.1) is 13.8 Å². The van der Waals surface area contributed by atoms with Crippen molar-refractivity contribution in [1.29, 1.82) is 0 Å². The van der Waals surface area contributed by atoms with Crippen LogP contribution < -0.4 is 0 Å². The van der Waals surface area contributed by atoms with Crippen LogP contribution in [0.3, 0.4) is 0 Å². The highest BCUT2D eigenvalue weighted by Crippen LogP contribution is 2.29. The largest absolute Gasteiger partial charge is 0.477 e. The van der Waals surface area contributed by atoms with Crippen LogP contribution in [-0.4, -0.2) is 30.8 Å². The molecule has 96 valence electrons. The molecule has 0 amide bonds. The number of carbonyl (C=O) groups is 1. The minimum atomic E-state index is -0.925. The molecule has 0 atom stereocenters. The molecule has 2 aromatic rings. The van der Waals surface area contributed by atoms with Gasteiger partial charge in [-0.05, 0) is 13.8 Å². The summed E-state index contributed by atoms with van der Waals surface area (Å²) in [5.41, 5.74) is 0.559. The number of hydrogen-bond donors (Lipinski definition) is 1. The fourth-order valence-corrected chi connectivity index (χ4v) is 3.34. The molecule has 0 aromatic carbocycles. The molecule has 6 nitrogen and oxygen atoms in total. The van der Waals surface area contributed by atoms with Gasteiger partial charge >= 0.3 is 5.97 Å². The average molecular weight is 284 g/mol. The maximum absolute atomic E-state index is 10.9. The van der Waals surface area contributed by atoms with E-state index in [0.29, 0.717) is 16.3 Å². The Morgan fingerprint density at radius 3 is 2.67 bits per heavy atom. The molecule has 0 aliphatic rings. The van der Waals surface area contributed by atoms with E-state index in [-0.39, 0.29) is 0 Å². The Hall–Kier alpha value is -1.41. The number of aryl methyl sites for hydroxylation is 2. The van der Waals surface area contributed by atoms with Crippen molar-refractivity contribution in [2.24, 2.45) is 7.05 Å². The van der Waals surface area contributed by atoms with E-state index in [1.807, 2.05) is 18.5 Å². The monoisotopic (exact) mass is 284 g/mol. The molecule has 0 saturated heterocycles. The standard InChI is InChI=1S/C10H12N4O2S2/c1-5-8(9(15)16)18-10(11-5)17-4-7-13-12-6(2)14(7)3/h4H2,1-3H3,(H,15,16). The molecular weight excluding hydrogens is 272 g/mol. The van der Waals surface area contributed by atoms with Crippen LogP contribution in [0.1, 0.15) is 27.0 Å². The van der Waals surface area contributed by atoms with Crippen molar-refractivity contribution in [3.05, 3.63) is 22.2 Å². The van der Waals surface area contributed by atoms with Crippen molar-refractivity contribution in [2.45, 2.75) is 23.9 Å². The van der Waals surface area contributed by atoms with E-state index in [1.54, 1.807) is 6.92 Å². The zero-order valence-corrected chi connectivity index (χ0v) is 11.8. The Morgan fingerprint density at radius 2 is 2.17 bits per heavy atom. The van der Waals surface area contributed by atoms with Crippen LogP contribution in [0.5, 0.6) is 0 Å². The van der Waals surface area contributed by atoms with E-state index in [9.17, 15) is 4.79 Å². The molecule has 2 heterocycles. The maximum atomic E-state index is 10.9. The molecule has 0 bridgehead atoms. The second-order valence-electron chi connectivity index (χ2n) is 3.71. The third-order valence-corrected chi connectivity index (χ3v) is 4.76. The Morgan fingerprint density at radius 1 is 1.44 bits per heavy atom. The van der Waals surface area contributed by atoms with Gasteiger partial charge in [-0.25, -0.2) is 9.78 Å². The number of nitrogens with zero attached hydrogens (tertiary/aromatic N) is 4. The van der Waals surface area contributed by atoms with Gasteiger partial charge in [0.25, 0.3) is 0 Å². The topological polar surface area (TPSA) is 80.9 Å². The summed E-state index contributed by atoms with van der Waals surface area (Å²) in [6.07, 6.45) is 0. The summed E-state index contributed by atoms with van der Waals surface area (Å²) < 4.78 is 2.65. The highest BCUT2D eigenvalue weighted by Gasteiger charge is 2.15. The lowest BCUT2D eigenvalue weighted by molar-refractivity contribution is 0.0701. The minimum Gasteiger partial charge on any atom is -0.477 e. The van der Waals surface area contributed by atoms with Gasteiger partial charge < -0.3 is 9.67 Å². The second-order valence-corrected chi connectivity index (χ2v) is 5.93. The van der Waals surface area contributed by atoms with Crippen LogP contribution in [0.25, 0.3) is 0 Å². The Balaban J connectivity index is 2.09. The molecule has 0 aliphatic heterocycles. The lowest BCUT2D eigenvalue weighted by Gasteiger charge is -1.98. The van der Waals surface area contributed by atoms with Crippen LogP contribution in [0.4, 0.5) is 0 Å². The average Bonchev–Trinajstić information content (AvgIpc) is 2.82. The maximum Gasteiger partial charge on any atom is 0.347 e. The fraction of sp³-hybridized carbons (Fsp3) is 0.400. The third-order valence-electron chi connectivity index (χ3n) is 2.48. The number of aromatic carboxylic acids is 1. The molecule has 1 N–H and O–H groups in total.